The molecule has 11 nitrogen and oxygen atoms in total. The Hall–Kier alpha value is -3.54. The van der Waals surface area contributed by atoms with E-state index in [9.17, 15) is 39.6 Å². The van der Waals surface area contributed by atoms with Gasteiger partial charge >= 0.3 is 0 Å². The number of fused-ring (bicyclic) bond motifs is 3. The van der Waals surface area contributed by atoms with Crippen molar-refractivity contribution < 1.29 is 44.3 Å². The van der Waals surface area contributed by atoms with Crippen molar-refractivity contribution in [3.63, 3.8) is 0 Å². The maximum absolute atomic E-state index is 13.9. The van der Waals surface area contributed by atoms with Gasteiger partial charge in [-0.25, -0.2) is 0 Å². The number of aliphatic hydroxyl groups excluding tert-OH is 2. The number of carbonyl (C=O) groups is 4. The molecule has 0 unspecified atom stereocenters. The van der Waals surface area contributed by atoms with Gasteiger partial charge in [-0.05, 0) is 63.4 Å². The van der Waals surface area contributed by atoms with Gasteiger partial charge in [-0.1, -0.05) is 6.07 Å². The first-order chi connectivity index (χ1) is 18.9. The minimum Gasteiger partial charge on any atom is -0.508 e. The summed E-state index contributed by atoms with van der Waals surface area (Å²) < 4.78 is 5.31. The molecule has 4 aliphatic rings. The molecule has 1 aromatic carbocycles. The second-order valence-corrected chi connectivity index (χ2v) is 11.2. The van der Waals surface area contributed by atoms with E-state index in [4.69, 9.17) is 4.74 Å². The molecule has 1 aromatic rings. The molecule has 0 bridgehead atoms. The number of likely N-dealkylation sites (N-methyl/N-ethyl adjacent to an activating group) is 1. The van der Waals surface area contributed by atoms with Gasteiger partial charge < -0.3 is 30.1 Å². The molecule has 3 aliphatic carbocycles. The van der Waals surface area contributed by atoms with E-state index in [0.717, 1.165) is 12.5 Å². The van der Waals surface area contributed by atoms with Crippen molar-refractivity contribution in [1.82, 2.24) is 9.80 Å². The third kappa shape index (κ3) is 4.15. The highest BCUT2D eigenvalue weighted by molar-refractivity contribution is 6.25. The van der Waals surface area contributed by atoms with Gasteiger partial charge in [-0.15, -0.1) is 0 Å². The lowest BCUT2D eigenvalue weighted by Gasteiger charge is -2.50. The van der Waals surface area contributed by atoms with Crippen molar-refractivity contribution in [3.05, 3.63) is 45.7 Å². The van der Waals surface area contributed by atoms with Crippen LogP contribution < -0.4 is 0 Å². The van der Waals surface area contributed by atoms with Crippen LogP contribution >= 0.6 is 0 Å². The molecule has 1 amide bonds. The van der Waals surface area contributed by atoms with E-state index in [1.54, 1.807) is 25.1 Å². The molecule has 1 heterocycles. The van der Waals surface area contributed by atoms with Crippen LogP contribution in [-0.4, -0.2) is 106 Å². The molecule has 1 saturated carbocycles. The molecule has 0 aromatic heterocycles. The molecule has 5 rings (SSSR count). The number of phenols is 1. The third-order valence-corrected chi connectivity index (χ3v) is 8.78. The number of rotatable bonds is 5. The van der Waals surface area contributed by atoms with Crippen molar-refractivity contribution in [3.8, 4) is 5.75 Å². The molecule has 40 heavy (non-hydrogen) atoms. The molecule has 0 radical (unpaired) electrons. The Morgan fingerprint density at radius 1 is 1.12 bits per heavy atom. The number of Topliss-reactive ketones (excluding diaryl/α,β-unsaturated/α-hetero) is 3. The number of aryl methyl sites for hydroxylation is 1. The maximum atomic E-state index is 13.9. The lowest BCUT2D eigenvalue weighted by Crippen LogP contribution is -2.65. The topological polar surface area (TPSA) is 165 Å². The largest absolute Gasteiger partial charge is 0.508 e. The molecule has 1 saturated heterocycles. The molecule has 2 fully saturated rings. The molecule has 0 spiro atoms. The van der Waals surface area contributed by atoms with Crippen LogP contribution in [0.1, 0.15) is 36.5 Å². The number of aromatic hydroxyl groups is 1. The lowest BCUT2D eigenvalue weighted by molar-refractivity contribution is -0.153. The number of benzene rings is 1. The summed E-state index contributed by atoms with van der Waals surface area (Å²) in [5, 5.41) is 44.8. The predicted octanol–water partition coefficient (Wildman–Crippen LogP) is 0.859. The standard InChI is InChI=1S/C29H34N2O9/c1-14(32)21-26(36)24(30(2)3)18-13-16-12-17-15(5-7-20(34)31-8-10-40-11-9-31)4-6-19(33)23(17)25(35)22(16)28(38)29(18,39)27(21)37/h4,6,16,18,24,33,35,37,39H,5,7-13H2,1-3H3/t16-,18-,24-,29+/m0/s1. The number of carbonyl (C=O) groups excluding carboxylic acids is 4. The summed E-state index contributed by atoms with van der Waals surface area (Å²) in [6.45, 7) is 3.09. The predicted molar refractivity (Wildman–Crippen MR) is 141 cm³/mol. The van der Waals surface area contributed by atoms with Gasteiger partial charge in [-0.2, -0.15) is 0 Å². The number of phenolic OH excluding ortho intramolecular Hbond substituents is 1. The fraction of sp³-hybridized carbons (Fsp3) is 0.517. The van der Waals surface area contributed by atoms with E-state index < -0.39 is 57.9 Å². The first-order valence-corrected chi connectivity index (χ1v) is 13.4. The van der Waals surface area contributed by atoms with Crippen molar-refractivity contribution in [2.75, 3.05) is 40.4 Å². The molecule has 1 aliphatic heterocycles. The minimum absolute atomic E-state index is 0.0302. The highest BCUT2D eigenvalue weighted by Gasteiger charge is 2.64. The molecular formula is C29H34N2O9. The number of ketones is 3. The Bertz CT molecular complexity index is 1370. The van der Waals surface area contributed by atoms with Gasteiger partial charge in [0.25, 0.3) is 0 Å². The van der Waals surface area contributed by atoms with Crippen molar-refractivity contribution in [2.45, 2.75) is 44.2 Å². The number of nitrogens with zero attached hydrogens (tertiary/aromatic N) is 2. The Morgan fingerprint density at radius 3 is 2.42 bits per heavy atom. The van der Waals surface area contributed by atoms with Crippen molar-refractivity contribution in [1.29, 1.82) is 0 Å². The summed E-state index contributed by atoms with van der Waals surface area (Å²) in [5.74, 6) is -5.99. The number of ether oxygens (including phenoxy) is 1. The van der Waals surface area contributed by atoms with E-state index in [-0.39, 0.29) is 42.1 Å². The van der Waals surface area contributed by atoms with E-state index >= 15 is 0 Å². The average molecular weight is 555 g/mol. The normalized spacial score (nSPS) is 28.4. The highest BCUT2D eigenvalue weighted by Crippen LogP contribution is 2.53. The second-order valence-electron chi connectivity index (χ2n) is 11.2. The van der Waals surface area contributed by atoms with Crippen LogP contribution in [0.15, 0.2) is 29.0 Å². The Labute approximate surface area is 231 Å². The Morgan fingerprint density at radius 2 is 1.80 bits per heavy atom. The number of hydrogen-bond donors (Lipinski definition) is 4. The van der Waals surface area contributed by atoms with Crippen LogP contribution in [0, 0.1) is 11.8 Å². The zero-order valence-corrected chi connectivity index (χ0v) is 22.8. The first kappa shape index (κ1) is 28.0. The quantitative estimate of drug-likeness (QED) is 0.384. The van der Waals surface area contributed by atoms with Crippen molar-refractivity contribution >= 4 is 29.0 Å². The fourth-order valence-corrected chi connectivity index (χ4v) is 6.86. The Balaban J connectivity index is 1.56. The summed E-state index contributed by atoms with van der Waals surface area (Å²) in [5.41, 5.74) is -2.02. The maximum Gasteiger partial charge on any atom is 0.223 e. The average Bonchev–Trinajstić information content (AvgIpc) is 2.90. The van der Waals surface area contributed by atoms with Crippen LogP contribution in [0.4, 0.5) is 0 Å². The zero-order valence-electron chi connectivity index (χ0n) is 22.8. The highest BCUT2D eigenvalue weighted by atomic mass is 16.5. The van der Waals surface area contributed by atoms with Crippen LogP contribution in [0.2, 0.25) is 0 Å². The SMILES string of the molecule is CC(=O)C1=C(O)[C@@]2(O)C(=O)C3=C(O)c4c(O)ccc(CCC(=O)N5CCOCC5)c4C[C@H]3C[C@H]2[C@H](N(C)C)C1=O. The van der Waals surface area contributed by atoms with Crippen LogP contribution in [-0.2, 0) is 36.8 Å². The molecule has 214 valence electrons. The van der Waals surface area contributed by atoms with Gasteiger partial charge in [0.15, 0.2) is 17.2 Å². The summed E-state index contributed by atoms with van der Waals surface area (Å²) in [6, 6.07) is 2.02. The number of amides is 1. The summed E-state index contributed by atoms with van der Waals surface area (Å²) in [4.78, 5) is 55.5. The smallest absolute Gasteiger partial charge is 0.223 e. The van der Waals surface area contributed by atoms with Crippen LogP contribution in [0.5, 0.6) is 5.75 Å². The monoisotopic (exact) mass is 554 g/mol. The van der Waals surface area contributed by atoms with Gasteiger partial charge in [0, 0.05) is 31.0 Å². The van der Waals surface area contributed by atoms with E-state index in [2.05, 4.69) is 0 Å². The number of aliphatic hydroxyl groups is 3. The van der Waals surface area contributed by atoms with E-state index in [0.29, 0.717) is 38.3 Å². The summed E-state index contributed by atoms with van der Waals surface area (Å²) >= 11 is 0. The summed E-state index contributed by atoms with van der Waals surface area (Å²) in [7, 11) is 3.18. The first-order valence-electron chi connectivity index (χ1n) is 13.4. The van der Waals surface area contributed by atoms with E-state index in [1.807, 2.05) is 0 Å². The fourth-order valence-electron chi connectivity index (χ4n) is 6.86. The zero-order chi connectivity index (χ0) is 29.1. The molecular weight excluding hydrogens is 520 g/mol. The molecule has 4 N–H and O–H groups in total. The van der Waals surface area contributed by atoms with Crippen molar-refractivity contribution in [2.24, 2.45) is 11.8 Å². The third-order valence-electron chi connectivity index (χ3n) is 8.78. The van der Waals surface area contributed by atoms with Crippen LogP contribution in [0.3, 0.4) is 0 Å². The van der Waals surface area contributed by atoms with Gasteiger partial charge in [0.05, 0.1) is 24.8 Å². The minimum atomic E-state index is -2.60. The van der Waals surface area contributed by atoms with Gasteiger partial charge in [-0.3, -0.25) is 24.1 Å². The molecule has 4 atom stereocenters. The summed E-state index contributed by atoms with van der Waals surface area (Å²) in [6.07, 6.45) is 0.817. The second kappa shape index (κ2) is 10.1. The van der Waals surface area contributed by atoms with Gasteiger partial charge in [0.2, 0.25) is 11.7 Å². The van der Waals surface area contributed by atoms with E-state index in [1.165, 1.54) is 11.0 Å². The van der Waals surface area contributed by atoms with Crippen LogP contribution in [0.25, 0.3) is 5.76 Å². The Kier molecular flexibility index (Phi) is 7.10. The number of hydrogen-bond acceptors (Lipinski definition) is 10. The molecule has 11 heteroatoms. The number of morpholine rings is 1. The lowest BCUT2D eigenvalue weighted by atomic mass is 9.57. The van der Waals surface area contributed by atoms with Gasteiger partial charge in [0.1, 0.15) is 22.8 Å².